The molecule has 0 aliphatic carbocycles. The average molecular weight is 448 g/mol. The standard InChI is InChI=1S/C22H29N3O5S/c1-23(20(13-16-26)18-9-5-4-6-10-18)21-12-11-19(17-22(21)25(27)28)31(29,30)24-14-7-2-3-8-15-24/h4-6,9-12,17,20,26H,2-3,7-8,13-16H2,1H3/t20-/m1/s1. The van der Waals surface area contributed by atoms with Gasteiger partial charge in [0.15, 0.2) is 0 Å². The summed E-state index contributed by atoms with van der Waals surface area (Å²) in [5, 5.41) is 21.4. The van der Waals surface area contributed by atoms with Crippen LogP contribution in [-0.4, -0.2) is 49.5 Å². The van der Waals surface area contributed by atoms with Gasteiger partial charge in [-0.2, -0.15) is 4.31 Å². The Morgan fingerprint density at radius 3 is 2.32 bits per heavy atom. The van der Waals surface area contributed by atoms with Crippen LogP contribution in [0, 0.1) is 10.1 Å². The molecule has 2 aromatic rings. The highest BCUT2D eigenvalue weighted by atomic mass is 32.2. The second kappa shape index (κ2) is 10.2. The van der Waals surface area contributed by atoms with Gasteiger partial charge in [-0.3, -0.25) is 10.1 Å². The van der Waals surface area contributed by atoms with Gasteiger partial charge in [-0.1, -0.05) is 43.2 Å². The first kappa shape index (κ1) is 23.2. The van der Waals surface area contributed by atoms with Crippen LogP contribution in [-0.2, 0) is 10.0 Å². The summed E-state index contributed by atoms with van der Waals surface area (Å²) in [6.07, 6.45) is 3.94. The monoisotopic (exact) mass is 447 g/mol. The van der Waals surface area contributed by atoms with Gasteiger partial charge in [-0.25, -0.2) is 8.42 Å². The zero-order valence-corrected chi connectivity index (χ0v) is 18.5. The molecule has 1 fully saturated rings. The van der Waals surface area contributed by atoms with Crippen LogP contribution in [0.3, 0.4) is 0 Å². The summed E-state index contributed by atoms with van der Waals surface area (Å²) in [5.41, 5.74) is 0.953. The van der Waals surface area contributed by atoms with Crippen molar-refractivity contribution in [2.24, 2.45) is 0 Å². The number of aliphatic hydroxyl groups excluding tert-OH is 1. The van der Waals surface area contributed by atoms with E-state index in [1.54, 1.807) is 11.9 Å². The summed E-state index contributed by atoms with van der Waals surface area (Å²) >= 11 is 0. The van der Waals surface area contributed by atoms with Crippen LogP contribution in [0.1, 0.15) is 43.7 Å². The van der Waals surface area contributed by atoms with E-state index in [0.29, 0.717) is 25.2 Å². The van der Waals surface area contributed by atoms with Crippen molar-refractivity contribution in [3.63, 3.8) is 0 Å². The highest BCUT2D eigenvalue weighted by molar-refractivity contribution is 7.89. The van der Waals surface area contributed by atoms with Crippen LogP contribution in [0.4, 0.5) is 11.4 Å². The molecule has 1 aliphatic rings. The fourth-order valence-corrected chi connectivity index (χ4v) is 5.63. The fourth-order valence-electron chi connectivity index (χ4n) is 4.09. The number of aliphatic hydroxyl groups is 1. The minimum absolute atomic E-state index is 0.0586. The van der Waals surface area contributed by atoms with Crippen molar-refractivity contribution in [3.8, 4) is 0 Å². The molecule has 0 unspecified atom stereocenters. The predicted octanol–water partition coefficient (Wildman–Crippen LogP) is 3.72. The van der Waals surface area contributed by atoms with Gasteiger partial charge in [0.25, 0.3) is 5.69 Å². The molecular formula is C22H29N3O5S. The van der Waals surface area contributed by atoms with Crippen LogP contribution in [0.2, 0.25) is 0 Å². The van der Waals surface area contributed by atoms with Gasteiger partial charge >= 0.3 is 0 Å². The van der Waals surface area contributed by atoms with Gasteiger partial charge in [0, 0.05) is 32.8 Å². The Morgan fingerprint density at radius 2 is 1.74 bits per heavy atom. The number of rotatable bonds is 8. The molecule has 0 bridgehead atoms. The maximum Gasteiger partial charge on any atom is 0.293 e. The third-order valence-corrected chi connectivity index (χ3v) is 7.68. The van der Waals surface area contributed by atoms with E-state index in [9.17, 15) is 23.6 Å². The SMILES string of the molecule is CN(c1ccc(S(=O)(=O)N2CCCCCC2)cc1[N+](=O)[O-])[C@H](CCO)c1ccccc1. The third kappa shape index (κ3) is 5.23. The van der Waals surface area contributed by atoms with Crippen LogP contribution in [0.25, 0.3) is 0 Å². The Balaban J connectivity index is 1.99. The molecule has 2 aromatic carbocycles. The summed E-state index contributed by atoms with van der Waals surface area (Å²) in [6, 6.07) is 13.2. The molecule has 0 aromatic heterocycles. The van der Waals surface area contributed by atoms with Crippen molar-refractivity contribution in [1.29, 1.82) is 0 Å². The quantitative estimate of drug-likeness (QED) is 0.489. The van der Waals surface area contributed by atoms with E-state index in [1.165, 1.54) is 16.4 Å². The first-order valence-electron chi connectivity index (χ1n) is 10.5. The van der Waals surface area contributed by atoms with E-state index in [2.05, 4.69) is 0 Å². The van der Waals surface area contributed by atoms with E-state index in [4.69, 9.17) is 0 Å². The molecule has 9 heteroatoms. The summed E-state index contributed by atoms with van der Waals surface area (Å²) in [7, 11) is -2.08. The number of anilines is 1. The summed E-state index contributed by atoms with van der Waals surface area (Å²) in [6.45, 7) is 0.786. The lowest BCUT2D eigenvalue weighted by atomic mass is 10.0. The molecule has 1 heterocycles. The van der Waals surface area contributed by atoms with Crippen molar-refractivity contribution in [2.75, 3.05) is 31.6 Å². The van der Waals surface area contributed by atoms with E-state index in [1.807, 2.05) is 30.3 Å². The molecule has 1 aliphatic heterocycles. The first-order valence-corrected chi connectivity index (χ1v) is 12.0. The summed E-state index contributed by atoms with van der Waals surface area (Å²) < 4.78 is 27.7. The van der Waals surface area contributed by atoms with Gasteiger partial charge in [0.05, 0.1) is 15.9 Å². The van der Waals surface area contributed by atoms with E-state index < -0.39 is 14.9 Å². The van der Waals surface area contributed by atoms with E-state index in [0.717, 1.165) is 37.3 Å². The van der Waals surface area contributed by atoms with Gasteiger partial charge in [0.1, 0.15) is 5.69 Å². The Labute approximate surface area is 183 Å². The lowest BCUT2D eigenvalue weighted by Gasteiger charge is -2.30. The Bertz CT molecular complexity index is 989. The van der Waals surface area contributed by atoms with Gasteiger partial charge in [0.2, 0.25) is 10.0 Å². The largest absolute Gasteiger partial charge is 0.396 e. The summed E-state index contributed by atoms with van der Waals surface area (Å²) in [5.74, 6) is 0. The number of nitrogens with zero attached hydrogens (tertiary/aromatic N) is 3. The predicted molar refractivity (Wildman–Crippen MR) is 120 cm³/mol. The Hall–Kier alpha value is -2.49. The average Bonchev–Trinajstić information content (AvgIpc) is 3.07. The van der Waals surface area contributed by atoms with Crippen LogP contribution in [0.5, 0.6) is 0 Å². The van der Waals surface area contributed by atoms with Crippen LogP contribution < -0.4 is 4.90 Å². The maximum absolute atomic E-state index is 13.1. The maximum atomic E-state index is 13.1. The number of nitro groups is 1. The number of nitro benzene ring substituents is 1. The molecule has 0 radical (unpaired) electrons. The minimum atomic E-state index is -3.80. The number of hydrogen-bond acceptors (Lipinski definition) is 6. The van der Waals surface area contributed by atoms with Crippen molar-refractivity contribution in [3.05, 3.63) is 64.2 Å². The molecule has 0 saturated carbocycles. The fraction of sp³-hybridized carbons (Fsp3) is 0.455. The third-order valence-electron chi connectivity index (χ3n) is 5.78. The molecular weight excluding hydrogens is 418 g/mol. The van der Waals surface area contributed by atoms with Gasteiger partial charge in [-0.15, -0.1) is 0 Å². The van der Waals surface area contributed by atoms with Crippen LogP contribution >= 0.6 is 0 Å². The zero-order chi connectivity index (χ0) is 22.4. The molecule has 0 spiro atoms. The van der Waals surface area contributed by atoms with E-state index in [-0.39, 0.29) is 23.2 Å². The minimum Gasteiger partial charge on any atom is -0.396 e. The highest BCUT2D eigenvalue weighted by Gasteiger charge is 2.30. The van der Waals surface area contributed by atoms with Gasteiger partial charge < -0.3 is 10.0 Å². The van der Waals surface area contributed by atoms with Crippen molar-refractivity contribution >= 4 is 21.4 Å². The topological polar surface area (TPSA) is 104 Å². The molecule has 1 N–H and O–H groups in total. The first-order chi connectivity index (χ1) is 14.9. The number of sulfonamides is 1. The Kier molecular flexibility index (Phi) is 7.64. The van der Waals surface area contributed by atoms with Crippen molar-refractivity contribution in [2.45, 2.75) is 43.0 Å². The smallest absolute Gasteiger partial charge is 0.293 e. The molecule has 1 saturated heterocycles. The molecule has 31 heavy (non-hydrogen) atoms. The molecule has 168 valence electrons. The molecule has 3 rings (SSSR count). The normalized spacial score (nSPS) is 16.5. The number of benzene rings is 2. The van der Waals surface area contributed by atoms with E-state index >= 15 is 0 Å². The van der Waals surface area contributed by atoms with Crippen LogP contribution in [0.15, 0.2) is 53.4 Å². The Morgan fingerprint density at radius 1 is 1.10 bits per heavy atom. The second-order valence-corrected chi connectivity index (χ2v) is 9.71. The summed E-state index contributed by atoms with van der Waals surface area (Å²) in [4.78, 5) is 13.0. The van der Waals surface area contributed by atoms with Crippen molar-refractivity contribution < 1.29 is 18.4 Å². The molecule has 1 atom stereocenters. The lowest BCUT2D eigenvalue weighted by molar-refractivity contribution is -0.384. The zero-order valence-electron chi connectivity index (χ0n) is 17.7. The van der Waals surface area contributed by atoms with Crippen molar-refractivity contribution in [1.82, 2.24) is 4.31 Å². The molecule has 0 amide bonds. The number of hydrogen-bond donors (Lipinski definition) is 1. The second-order valence-electron chi connectivity index (χ2n) is 7.78. The van der Waals surface area contributed by atoms with Gasteiger partial charge in [-0.05, 0) is 37.0 Å². The lowest BCUT2D eigenvalue weighted by Crippen LogP contribution is -2.32. The molecule has 8 nitrogen and oxygen atoms in total. The highest BCUT2D eigenvalue weighted by Crippen LogP contribution is 2.36.